The average Bonchev–Trinajstić information content (AvgIpc) is 2.86. The predicted molar refractivity (Wildman–Crippen MR) is 159 cm³/mol. The first-order valence-electron chi connectivity index (χ1n) is 13.8. The van der Waals surface area contributed by atoms with Gasteiger partial charge in [0.2, 0.25) is 0 Å². The zero-order valence-electron chi connectivity index (χ0n) is 24.2. The van der Waals surface area contributed by atoms with Gasteiger partial charge < -0.3 is 9.64 Å². The second kappa shape index (κ2) is 9.62. The first-order valence-corrected chi connectivity index (χ1v) is 13.8. The molecule has 0 radical (unpaired) electrons. The molecule has 3 heterocycles. The minimum atomic E-state index is 0.0749. The summed E-state index contributed by atoms with van der Waals surface area (Å²) in [5, 5.41) is 19.2. The van der Waals surface area contributed by atoms with Gasteiger partial charge in [-0.25, -0.2) is 0 Å². The van der Waals surface area contributed by atoms with Crippen LogP contribution in [0.15, 0.2) is 59.4 Å². The maximum atomic E-state index is 9.62. The molecule has 0 fully saturated rings. The Morgan fingerprint density at radius 2 is 1.41 bits per heavy atom. The molecule has 39 heavy (non-hydrogen) atoms. The van der Waals surface area contributed by atoms with Gasteiger partial charge in [0, 0.05) is 29.9 Å². The molecule has 4 nitrogen and oxygen atoms in total. The van der Waals surface area contributed by atoms with Crippen LogP contribution in [0.25, 0.3) is 11.8 Å². The number of nitrogens with zero attached hydrogens (tertiary/aromatic N) is 3. The van der Waals surface area contributed by atoms with Crippen molar-refractivity contribution in [2.24, 2.45) is 0 Å². The van der Waals surface area contributed by atoms with Gasteiger partial charge in [-0.3, -0.25) is 0 Å². The smallest absolute Gasteiger partial charge is 0.137 e. The van der Waals surface area contributed by atoms with E-state index in [1.807, 2.05) is 24.3 Å². The molecule has 4 heteroatoms. The molecule has 2 aromatic rings. The quantitative estimate of drug-likeness (QED) is 0.388. The minimum absolute atomic E-state index is 0.0749. The van der Waals surface area contributed by atoms with E-state index in [4.69, 9.17) is 4.74 Å². The van der Waals surface area contributed by atoms with Gasteiger partial charge in [0.05, 0.1) is 0 Å². The summed E-state index contributed by atoms with van der Waals surface area (Å²) >= 11 is 0. The number of hydrogen-bond acceptors (Lipinski definition) is 4. The van der Waals surface area contributed by atoms with Gasteiger partial charge in [-0.05, 0) is 103 Å². The van der Waals surface area contributed by atoms with Crippen LogP contribution in [-0.4, -0.2) is 13.1 Å². The number of hydrogen-bond donors (Lipinski definition) is 0. The Labute approximate surface area is 233 Å². The molecule has 3 aliphatic heterocycles. The Kier molecular flexibility index (Phi) is 6.56. The van der Waals surface area contributed by atoms with Crippen molar-refractivity contribution >= 4 is 17.5 Å². The van der Waals surface area contributed by atoms with E-state index >= 15 is 0 Å². The van der Waals surface area contributed by atoms with Crippen molar-refractivity contribution in [3.05, 3.63) is 98.3 Å². The molecule has 2 aromatic carbocycles. The zero-order chi connectivity index (χ0) is 28.1. The topological polar surface area (TPSA) is 60.0 Å². The van der Waals surface area contributed by atoms with Crippen LogP contribution in [0.5, 0.6) is 0 Å². The fourth-order valence-corrected chi connectivity index (χ4v) is 6.33. The number of anilines is 1. The van der Waals surface area contributed by atoms with Gasteiger partial charge in [-0.2, -0.15) is 10.5 Å². The number of rotatable bonds is 3. The van der Waals surface area contributed by atoms with E-state index in [9.17, 15) is 10.5 Å². The molecule has 3 aliphatic rings. The summed E-state index contributed by atoms with van der Waals surface area (Å²) in [6, 6.07) is 13.0. The molecule has 198 valence electrons. The monoisotopic (exact) mass is 515 g/mol. The fourth-order valence-electron chi connectivity index (χ4n) is 6.33. The average molecular weight is 516 g/mol. The zero-order valence-corrected chi connectivity index (χ0v) is 24.2. The highest BCUT2D eigenvalue weighted by Crippen LogP contribution is 2.49. The highest BCUT2D eigenvalue weighted by atomic mass is 16.5. The lowest BCUT2D eigenvalue weighted by atomic mass is 9.69. The summed E-state index contributed by atoms with van der Waals surface area (Å²) in [5.41, 5.74) is 10.7. The van der Waals surface area contributed by atoms with Crippen LogP contribution in [0.3, 0.4) is 0 Å². The first kappa shape index (κ1) is 26.6. The molecular weight excluding hydrogens is 478 g/mol. The van der Waals surface area contributed by atoms with Crippen molar-refractivity contribution in [3.63, 3.8) is 0 Å². The van der Waals surface area contributed by atoms with E-state index in [0.717, 1.165) is 48.2 Å². The number of ether oxygens (including phenoxy) is 1. The van der Waals surface area contributed by atoms with Gasteiger partial charge in [0.25, 0.3) is 0 Å². The van der Waals surface area contributed by atoms with Gasteiger partial charge >= 0.3 is 0 Å². The summed E-state index contributed by atoms with van der Waals surface area (Å²) in [5.74, 6) is 1.26. The largest absolute Gasteiger partial charge is 0.457 e. The van der Waals surface area contributed by atoms with Crippen molar-refractivity contribution in [1.82, 2.24) is 0 Å². The maximum absolute atomic E-state index is 9.62. The molecule has 0 aromatic heterocycles. The Morgan fingerprint density at radius 1 is 0.846 bits per heavy atom. The van der Waals surface area contributed by atoms with Crippen molar-refractivity contribution in [3.8, 4) is 12.1 Å². The van der Waals surface area contributed by atoms with Gasteiger partial charge in [0.1, 0.15) is 29.2 Å². The number of benzene rings is 2. The van der Waals surface area contributed by atoms with Gasteiger partial charge in [0.15, 0.2) is 0 Å². The van der Waals surface area contributed by atoms with E-state index in [1.165, 1.54) is 22.4 Å². The van der Waals surface area contributed by atoms with E-state index in [1.54, 1.807) is 6.08 Å². The first-order chi connectivity index (χ1) is 18.4. The fraction of sp³-hybridized carbons (Fsp3) is 0.371. The molecule has 0 amide bonds. The third-order valence-electron chi connectivity index (χ3n) is 8.61. The number of nitriles is 2. The van der Waals surface area contributed by atoms with Crippen molar-refractivity contribution in [2.45, 2.75) is 72.1 Å². The van der Waals surface area contributed by atoms with E-state index in [2.05, 4.69) is 83.7 Å². The predicted octanol–water partition coefficient (Wildman–Crippen LogP) is 8.09. The maximum Gasteiger partial charge on any atom is 0.137 e. The third kappa shape index (κ3) is 4.81. The molecule has 0 aliphatic carbocycles. The summed E-state index contributed by atoms with van der Waals surface area (Å²) in [4.78, 5) is 2.58. The van der Waals surface area contributed by atoms with Crippen LogP contribution in [0.1, 0.15) is 79.5 Å². The number of allylic oxidation sites excluding steroid dienone is 5. The Bertz CT molecular complexity index is 1500. The van der Waals surface area contributed by atoms with Crippen LogP contribution in [-0.2, 0) is 15.6 Å². The van der Waals surface area contributed by atoms with Crippen LogP contribution in [0, 0.1) is 43.4 Å². The summed E-state index contributed by atoms with van der Waals surface area (Å²) < 4.78 is 6.42. The normalized spacial score (nSPS) is 18.9. The van der Waals surface area contributed by atoms with Crippen molar-refractivity contribution in [1.29, 1.82) is 10.5 Å². The van der Waals surface area contributed by atoms with Gasteiger partial charge in [-0.1, -0.05) is 51.5 Å². The minimum Gasteiger partial charge on any atom is -0.457 e. The molecule has 0 N–H and O–H groups in total. The number of aryl methyl sites for hydroxylation is 3. The van der Waals surface area contributed by atoms with E-state index in [0.29, 0.717) is 17.1 Å². The highest BCUT2D eigenvalue weighted by Gasteiger charge is 2.39. The van der Waals surface area contributed by atoms with E-state index in [-0.39, 0.29) is 16.4 Å². The van der Waals surface area contributed by atoms with E-state index < -0.39 is 0 Å². The summed E-state index contributed by atoms with van der Waals surface area (Å²) in [6.45, 7) is 17.9. The van der Waals surface area contributed by atoms with Gasteiger partial charge in [-0.15, -0.1) is 0 Å². The lowest BCUT2D eigenvalue weighted by Crippen LogP contribution is -2.44. The molecule has 0 atom stereocenters. The van der Waals surface area contributed by atoms with Crippen LogP contribution < -0.4 is 4.90 Å². The third-order valence-corrected chi connectivity index (χ3v) is 8.61. The van der Waals surface area contributed by atoms with Crippen LogP contribution in [0.2, 0.25) is 0 Å². The second-order valence-electron chi connectivity index (χ2n) is 12.5. The standard InChI is InChI=1S/C35H37N3O/c1-22-14-23(2)32(24(3)15-22)31-19-26(27(20-36)21-37)18-28(39-31)9-8-25-16-29-33-30(17-25)35(6,7)11-13-38(33)12-10-34(29,4)5/h8-9,14-19H,10-13H2,1-7H3/b9-8+. The Hall–Kier alpha value is -4.02. The lowest BCUT2D eigenvalue weighted by Gasteiger charge is -2.48. The molecule has 0 saturated carbocycles. The van der Waals surface area contributed by atoms with Crippen LogP contribution in [0.4, 0.5) is 5.69 Å². The molecule has 0 spiro atoms. The SMILES string of the molecule is Cc1cc(C)c(C2=CC(=C(C#N)C#N)C=C(/C=C/c3cc4c5c(c3)C(C)(C)CCN5CCC4(C)C)O2)c(C)c1. The highest BCUT2D eigenvalue weighted by molar-refractivity contribution is 5.75. The molecule has 5 rings (SSSR count). The van der Waals surface area contributed by atoms with Crippen LogP contribution >= 0.6 is 0 Å². The lowest BCUT2D eigenvalue weighted by molar-refractivity contribution is 0.396. The molecule has 0 unspecified atom stereocenters. The summed E-state index contributed by atoms with van der Waals surface area (Å²) in [6.07, 6.45) is 9.96. The second-order valence-corrected chi connectivity index (χ2v) is 12.5. The molecule has 0 saturated heterocycles. The Balaban J connectivity index is 1.59. The Morgan fingerprint density at radius 3 is 1.95 bits per heavy atom. The van der Waals surface area contributed by atoms with Crippen molar-refractivity contribution in [2.75, 3.05) is 18.0 Å². The summed E-state index contributed by atoms with van der Waals surface area (Å²) in [7, 11) is 0. The van der Waals surface area contributed by atoms with Crippen molar-refractivity contribution < 1.29 is 4.74 Å². The molecule has 0 bridgehead atoms. The molecular formula is C35H37N3O.